The van der Waals surface area contributed by atoms with E-state index >= 15 is 0 Å². The number of carbonyl (C=O) groups is 2. The Morgan fingerprint density at radius 3 is 2.35 bits per heavy atom. The van der Waals surface area contributed by atoms with E-state index in [1.165, 1.54) is 0 Å². The van der Waals surface area contributed by atoms with Gasteiger partial charge in [-0.15, -0.1) is 0 Å². The van der Waals surface area contributed by atoms with Crippen molar-refractivity contribution >= 4 is 11.8 Å². The van der Waals surface area contributed by atoms with E-state index in [1.807, 2.05) is 0 Å². The summed E-state index contributed by atoms with van der Waals surface area (Å²) >= 11 is 0. The molecular weight excluding hydrogens is 218 g/mol. The van der Waals surface area contributed by atoms with E-state index in [0.717, 1.165) is 0 Å². The van der Waals surface area contributed by atoms with Gasteiger partial charge in [0.2, 0.25) is 5.91 Å². The third kappa shape index (κ3) is 2.61. The summed E-state index contributed by atoms with van der Waals surface area (Å²) in [6.07, 6.45) is 4.52. The highest BCUT2D eigenvalue weighted by molar-refractivity contribution is 5.94. The molecule has 1 aromatic rings. The Hall–Kier alpha value is -1.91. The lowest BCUT2D eigenvalue weighted by molar-refractivity contribution is -0.123. The number of amides is 2. The number of pyridine rings is 1. The van der Waals surface area contributed by atoms with Crippen LogP contribution in [0.15, 0.2) is 24.5 Å². The predicted molar refractivity (Wildman–Crippen MR) is 62.1 cm³/mol. The van der Waals surface area contributed by atoms with E-state index in [1.54, 1.807) is 29.4 Å². The van der Waals surface area contributed by atoms with E-state index in [9.17, 15) is 9.59 Å². The molecule has 0 unspecified atom stereocenters. The van der Waals surface area contributed by atoms with Crippen LogP contribution in [0.25, 0.3) is 0 Å². The van der Waals surface area contributed by atoms with Gasteiger partial charge in [0.25, 0.3) is 5.91 Å². The fraction of sp³-hybridized carbons (Fsp3) is 0.417. The van der Waals surface area contributed by atoms with Gasteiger partial charge in [-0.1, -0.05) is 0 Å². The van der Waals surface area contributed by atoms with Crippen molar-refractivity contribution in [2.45, 2.75) is 12.8 Å². The maximum Gasteiger partial charge on any atom is 0.253 e. The molecule has 1 aliphatic rings. The minimum atomic E-state index is -0.263. The molecule has 1 aliphatic heterocycles. The van der Waals surface area contributed by atoms with Crippen LogP contribution >= 0.6 is 0 Å². The molecule has 90 valence electrons. The van der Waals surface area contributed by atoms with Crippen molar-refractivity contribution < 1.29 is 9.59 Å². The van der Waals surface area contributed by atoms with Crippen LogP contribution in [0, 0.1) is 5.92 Å². The zero-order valence-electron chi connectivity index (χ0n) is 9.50. The Morgan fingerprint density at radius 2 is 1.82 bits per heavy atom. The van der Waals surface area contributed by atoms with Crippen molar-refractivity contribution in [2.24, 2.45) is 11.7 Å². The van der Waals surface area contributed by atoms with Crippen LogP contribution in [0.1, 0.15) is 23.2 Å². The van der Waals surface area contributed by atoms with Gasteiger partial charge in [-0.3, -0.25) is 14.6 Å². The van der Waals surface area contributed by atoms with Gasteiger partial charge >= 0.3 is 0 Å². The largest absolute Gasteiger partial charge is 0.369 e. The van der Waals surface area contributed by atoms with Crippen molar-refractivity contribution in [3.63, 3.8) is 0 Å². The van der Waals surface area contributed by atoms with Crippen molar-refractivity contribution in [3.8, 4) is 0 Å². The van der Waals surface area contributed by atoms with Crippen molar-refractivity contribution in [1.29, 1.82) is 0 Å². The normalized spacial score (nSPS) is 16.8. The second-order valence-electron chi connectivity index (χ2n) is 4.20. The molecule has 0 spiro atoms. The van der Waals surface area contributed by atoms with E-state index < -0.39 is 0 Å². The van der Waals surface area contributed by atoms with E-state index in [-0.39, 0.29) is 17.7 Å². The van der Waals surface area contributed by atoms with Gasteiger partial charge in [0, 0.05) is 37.0 Å². The SMILES string of the molecule is NC(=O)C1CCN(C(=O)c2ccncc2)CC1. The molecule has 1 aromatic heterocycles. The van der Waals surface area contributed by atoms with Gasteiger partial charge in [0.1, 0.15) is 0 Å². The zero-order valence-corrected chi connectivity index (χ0v) is 9.50. The molecule has 5 nitrogen and oxygen atoms in total. The van der Waals surface area contributed by atoms with Crippen molar-refractivity contribution in [2.75, 3.05) is 13.1 Å². The van der Waals surface area contributed by atoms with Crippen LogP contribution in [0.3, 0.4) is 0 Å². The van der Waals surface area contributed by atoms with Crippen LogP contribution in [0.5, 0.6) is 0 Å². The third-order valence-electron chi connectivity index (χ3n) is 3.11. The number of likely N-dealkylation sites (tertiary alicyclic amines) is 1. The lowest BCUT2D eigenvalue weighted by Crippen LogP contribution is -2.41. The Morgan fingerprint density at radius 1 is 1.24 bits per heavy atom. The Balaban J connectivity index is 1.98. The number of aromatic nitrogens is 1. The molecule has 2 rings (SSSR count). The average Bonchev–Trinajstić information content (AvgIpc) is 2.39. The number of hydrogen-bond donors (Lipinski definition) is 1. The lowest BCUT2D eigenvalue weighted by Gasteiger charge is -2.30. The third-order valence-corrected chi connectivity index (χ3v) is 3.11. The average molecular weight is 233 g/mol. The highest BCUT2D eigenvalue weighted by atomic mass is 16.2. The van der Waals surface area contributed by atoms with Crippen LogP contribution in [-0.2, 0) is 4.79 Å². The summed E-state index contributed by atoms with van der Waals surface area (Å²) in [5.74, 6) is -0.354. The number of piperidine rings is 1. The summed E-state index contributed by atoms with van der Waals surface area (Å²) in [6.45, 7) is 1.18. The van der Waals surface area contributed by atoms with Gasteiger partial charge in [-0.05, 0) is 25.0 Å². The van der Waals surface area contributed by atoms with Crippen molar-refractivity contribution in [1.82, 2.24) is 9.88 Å². The number of carbonyl (C=O) groups excluding carboxylic acids is 2. The molecule has 1 saturated heterocycles. The molecule has 0 radical (unpaired) electrons. The maximum absolute atomic E-state index is 12.1. The molecule has 2 amide bonds. The topological polar surface area (TPSA) is 76.3 Å². The number of nitrogens with zero attached hydrogens (tertiary/aromatic N) is 2. The molecule has 0 aliphatic carbocycles. The smallest absolute Gasteiger partial charge is 0.253 e. The summed E-state index contributed by atoms with van der Waals surface area (Å²) in [7, 11) is 0. The molecule has 0 saturated carbocycles. The van der Waals surface area contributed by atoms with Gasteiger partial charge in [-0.25, -0.2) is 0 Å². The quantitative estimate of drug-likeness (QED) is 0.804. The summed E-state index contributed by atoms with van der Waals surface area (Å²) in [5, 5.41) is 0. The van der Waals surface area contributed by atoms with Gasteiger partial charge < -0.3 is 10.6 Å². The maximum atomic E-state index is 12.1. The molecule has 2 heterocycles. The van der Waals surface area contributed by atoms with E-state index in [0.29, 0.717) is 31.5 Å². The number of nitrogens with two attached hydrogens (primary N) is 1. The van der Waals surface area contributed by atoms with Crippen LogP contribution in [-0.4, -0.2) is 34.8 Å². The molecule has 17 heavy (non-hydrogen) atoms. The predicted octanol–water partition coefficient (Wildman–Crippen LogP) is 0.419. The minimum absolute atomic E-state index is 0.00433. The first-order chi connectivity index (χ1) is 8.18. The van der Waals surface area contributed by atoms with E-state index in [2.05, 4.69) is 4.98 Å². The number of rotatable bonds is 2. The Bertz CT molecular complexity index is 411. The molecule has 0 atom stereocenters. The molecule has 2 N–H and O–H groups in total. The van der Waals surface area contributed by atoms with E-state index in [4.69, 9.17) is 5.73 Å². The summed E-state index contributed by atoms with van der Waals surface area (Å²) in [6, 6.07) is 3.39. The van der Waals surface area contributed by atoms with Crippen molar-refractivity contribution in [3.05, 3.63) is 30.1 Å². The van der Waals surface area contributed by atoms with Crippen LogP contribution in [0.4, 0.5) is 0 Å². The first kappa shape index (κ1) is 11.6. The van der Waals surface area contributed by atoms with Gasteiger partial charge in [0.15, 0.2) is 0 Å². The standard InChI is InChI=1S/C12H15N3O2/c13-11(16)9-3-7-15(8-4-9)12(17)10-1-5-14-6-2-10/h1-2,5-6,9H,3-4,7-8H2,(H2,13,16). The fourth-order valence-electron chi connectivity index (χ4n) is 2.04. The van der Waals surface area contributed by atoms with Crippen LogP contribution in [0.2, 0.25) is 0 Å². The summed E-state index contributed by atoms with van der Waals surface area (Å²) in [4.78, 5) is 28.7. The Kier molecular flexibility index (Phi) is 3.37. The summed E-state index contributed by atoms with van der Waals surface area (Å²) in [5.41, 5.74) is 5.89. The van der Waals surface area contributed by atoms with Gasteiger partial charge in [-0.2, -0.15) is 0 Å². The van der Waals surface area contributed by atoms with Gasteiger partial charge in [0.05, 0.1) is 0 Å². The number of hydrogen-bond acceptors (Lipinski definition) is 3. The molecule has 0 bridgehead atoms. The highest BCUT2D eigenvalue weighted by Crippen LogP contribution is 2.18. The molecule has 0 aromatic carbocycles. The zero-order chi connectivity index (χ0) is 12.3. The molecule has 5 heteroatoms. The highest BCUT2D eigenvalue weighted by Gasteiger charge is 2.26. The molecular formula is C12H15N3O2. The molecule has 1 fully saturated rings. The monoisotopic (exact) mass is 233 g/mol. The minimum Gasteiger partial charge on any atom is -0.369 e. The first-order valence-electron chi connectivity index (χ1n) is 5.67. The number of primary amides is 1. The summed E-state index contributed by atoms with van der Waals surface area (Å²) < 4.78 is 0. The lowest BCUT2D eigenvalue weighted by atomic mass is 9.96. The van der Waals surface area contributed by atoms with Crippen LogP contribution < -0.4 is 5.73 Å². The second kappa shape index (κ2) is 4.95. The second-order valence-corrected chi connectivity index (χ2v) is 4.20. The Labute approximate surface area is 99.6 Å². The first-order valence-corrected chi connectivity index (χ1v) is 5.67. The fourth-order valence-corrected chi connectivity index (χ4v) is 2.04.